The second kappa shape index (κ2) is 11.6. The first-order valence-corrected chi connectivity index (χ1v) is 13.2. The average Bonchev–Trinajstić information content (AvgIpc) is 3.50. The van der Waals surface area contributed by atoms with Gasteiger partial charge in [0.2, 0.25) is 17.6 Å². The van der Waals surface area contributed by atoms with Crippen LogP contribution in [-0.4, -0.2) is 46.3 Å². The minimum Gasteiger partial charge on any atom is -0.356 e. The molecule has 1 amide bonds. The Morgan fingerprint density at radius 1 is 1.25 bits per heavy atom. The molecule has 3 aromatic rings. The molecule has 1 fully saturated rings. The van der Waals surface area contributed by atoms with Crippen LogP contribution in [0, 0.1) is 12.8 Å². The van der Waals surface area contributed by atoms with Crippen molar-refractivity contribution in [2.24, 2.45) is 5.92 Å². The van der Waals surface area contributed by atoms with Crippen LogP contribution < -0.4 is 5.32 Å². The predicted octanol–water partition coefficient (Wildman–Crippen LogP) is 4.76. The first-order valence-electron chi connectivity index (χ1n) is 11.2. The van der Waals surface area contributed by atoms with Crippen LogP contribution in [0.3, 0.4) is 0 Å². The molecule has 1 N–H and O–H groups in total. The summed E-state index contributed by atoms with van der Waals surface area (Å²) in [4.78, 5) is 20.3. The van der Waals surface area contributed by atoms with Gasteiger partial charge in [0.25, 0.3) is 0 Å². The number of nitrogens with zero attached hydrogens (tertiary/aromatic N) is 3. The highest BCUT2D eigenvalue weighted by Gasteiger charge is 2.25. The molecule has 6 nitrogen and oxygen atoms in total. The van der Waals surface area contributed by atoms with Crippen molar-refractivity contribution in [1.29, 1.82) is 0 Å². The number of nitrogens with one attached hydrogen (secondary N) is 1. The van der Waals surface area contributed by atoms with Crippen molar-refractivity contribution in [3.05, 3.63) is 58.8 Å². The first-order chi connectivity index (χ1) is 15.7. The largest absolute Gasteiger partial charge is 0.356 e. The molecule has 0 spiro atoms. The number of carbonyl (C=O) groups excluding carboxylic acids is 1. The summed E-state index contributed by atoms with van der Waals surface area (Å²) in [6, 6.07) is 12.7. The highest BCUT2D eigenvalue weighted by atomic mass is 32.2. The number of likely N-dealkylation sites (tertiary alicyclic amines) is 1. The van der Waals surface area contributed by atoms with Gasteiger partial charge in [0.05, 0.1) is 11.4 Å². The fraction of sp³-hybridized carbons (Fsp3) is 0.458. The Morgan fingerprint density at radius 2 is 2.06 bits per heavy atom. The molecule has 1 aliphatic rings. The fourth-order valence-corrected chi connectivity index (χ4v) is 5.34. The number of aryl methyl sites for hydroxylation is 1. The molecule has 170 valence electrons. The second-order valence-electron chi connectivity index (χ2n) is 8.22. The molecule has 0 radical (unpaired) electrons. The van der Waals surface area contributed by atoms with Crippen molar-refractivity contribution in [2.45, 2.75) is 38.5 Å². The zero-order valence-corrected chi connectivity index (χ0v) is 20.1. The molecule has 8 heteroatoms. The lowest BCUT2D eigenvalue weighted by Crippen LogP contribution is -2.40. The van der Waals surface area contributed by atoms with Gasteiger partial charge in [-0.05, 0) is 62.0 Å². The van der Waals surface area contributed by atoms with Gasteiger partial charge in [-0.2, -0.15) is 16.7 Å². The van der Waals surface area contributed by atoms with Crippen molar-refractivity contribution in [2.75, 3.05) is 25.4 Å². The smallest absolute Gasteiger partial charge is 0.241 e. The predicted molar refractivity (Wildman–Crippen MR) is 131 cm³/mol. The van der Waals surface area contributed by atoms with E-state index in [2.05, 4.69) is 51.5 Å². The number of piperidine rings is 1. The van der Waals surface area contributed by atoms with E-state index in [0.29, 0.717) is 18.3 Å². The van der Waals surface area contributed by atoms with Gasteiger partial charge in [-0.15, -0.1) is 11.3 Å². The van der Waals surface area contributed by atoms with Crippen LogP contribution in [-0.2, 0) is 17.1 Å². The van der Waals surface area contributed by atoms with E-state index in [1.807, 2.05) is 29.3 Å². The van der Waals surface area contributed by atoms with E-state index in [1.54, 1.807) is 11.3 Å². The fourth-order valence-electron chi connectivity index (χ4n) is 3.77. The Balaban J connectivity index is 1.09. The normalized spacial score (nSPS) is 15.2. The summed E-state index contributed by atoms with van der Waals surface area (Å²) in [7, 11) is 0. The number of benzene rings is 1. The van der Waals surface area contributed by atoms with E-state index in [1.165, 1.54) is 11.1 Å². The minimum atomic E-state index is 0.107. The van der Waals surface area contributed by atoms with Crippen LogP contribution in [0.15, 0.2) is 46.3 Å². The van der Waals surface area contributed by atoms with Crippen molar-refractivity contribution in [3.8, 4) is 10.7 Å². The topological polar surface area (TPSA) is 71.3 Å². The van der Waals surface area contributed by atoms with Crippen LogP contribution >= 0.6 is 23.1 Å². The van der Waals surface area contributed by atoms with Gasteiger partial charge >= 0.3 is 0 Å². The third kappa shape index (κ3) is 6.67. The van der Waals surface area contributed by atoms with Gasteiger partial charge in [0, 0.05) is 18.2 Å². The molecule has 0 unspecified atom stereocenters. The van der Waals surface area contributed by atoms with Gasteiger partial charge in [-0.3, -0.25) is 9.69 Å². The summed E-state index contributed by atoms with van der Waals surface area (Å²) in [5.41, 5.74) is 2.66. The van der Waals surface area contributed by atoms with Crippen LogP contribution in [0.25, 0.3) is 10.7 Å². The van der Waals surface area contributed by atoms with Crippen molar-refractivity contribution >= 4 is 29.0 Å². The molecule has 0 atom stereocenters. The maximum Gasteiger partial charge on any atom is 0.241 e. The zero-order chi connectivity index (χ0) is 22.2. The van der Waals surface area contributed by atoms with E-state index in [4.69, 9.17) is 4.52 Å². The highest BCUT2D eigenvalue weighted by Crippen LogP contribution is 2.23. The highest BCUT2D eigenvalue weighted by molar-refractivity contribution is 7.98. The molecule has 2 aromatic heterocycles. The molecule has 0 saturated carbocycles. The van der Waals surface area contributed by atoms with E-state index in [-0.39, 0.29) is 11.8 Å². The minimum absolute atomic E-state index is 0.107. The summed E-state index contributed by atoms with van der Waals surface area (Å²) in [5, 5.41) is 9.21. The molecule has 1 saturated heterocycles. The first kappa shape index (κ1) is 23.0. The van der Waals surface area contributed by atoms with Gasteiger partial charge in [0.1, 0.15) is 0 Å². The van der Waals surface area contributed by atoms with Crippen molar-refractivity contribution in [3.63, 3.8) is 0 Å². The summed E-state index contributed by atoms with van der Waals surface area (Å²) < 4.78 is 5.41. The number of aromatic nitrogens is 2. The third-order valence-corrected chi connectivity index (χ3v) is 7.66. The Morgan fingerprint density at radius 3 is 2.81 bits per heavy atom. The molecule has 0 bridgehead atoms. The summed E-state index contributed by atoms with van der Waals surface area (Å²) >= 11 is 3.53. The van der Waals surface area contributed by atoms with E-state index in [0.717, 1.165) is 55.3 Å². The summed E-state index contributed by atoms with van der Waals surface area (Å²) in [5.74, 6) is 3.69. The molecule has 0 aliphatic carbocycles. The van der Waals surface area contributed by atoms with E-state index < -0.39 is 0 Å². The molecule has 4 rings (SSSR count). The van der Waals surface area contributed by atoms with Crippen molar-refractivity contribution < 1.29 is 9.32 Å². The quantitative estimate of drug-likeness (QED) is 0.431. The van der Waals surface area contributed by atoms with Crippen molar-refractivity contribution in [1.82, 2.24) is 20.4 Å². The number of thiophene rings is 1. The average molecular weight is 471 g/mol. The Bertz CT molecular complexity index is 964. The standard InChI is InChI=1S/C24H30N4O2S2/c1-18-5-7-19(8-6-18)17-31-14-3-11-25-24(29)20-9-12-28(13-10-20)16-22-26-23(27-30-22)21-4-2-15-32-21/h2,4-8,15,20H,3,9-14,16-17H2,1H3,(H,25,29). The maximum absolute atomic E-state index is 12.5. The van der Waals surface area contributed by atoms with Crippen LogP contribution in [0.5, 0.6) is 0 Å². The van der Waals surface area contributed by atoms with Crippen LogP contribution in [0.1, 0.15) is 36.3 Å². The number of carbonyl (C=O) groups is 1. The van der Waals surface area contributed by atoms with Gasteiger partial charge in [0.15, 0.2) is 0 Å². The second-order valence-corrected chi connectivity index (χ2v) is 10.3. The van der Waals surface area contributed by atoms with Gasteiger partial charge in [-0.25, -0.2) is 0 Å². The Hall–Kier alpha value is -2.16. The molecule has 3 heterocycles. The lowest BCUT2D eigenvalue weighted by atomic mass is 9.96. The van der Waals surface area contributed by atoms with Gasteiger partial charge < -0.3 is 9.84 Å². The van der Waals surface area contributed by atoms with Crippen LogP contribution in [0.4, 0.5) is 0 Å². The maximum atomic E-state index is 12.5. The lowest BCUT2D eigenvalue weighted by molar-refractivity contribution is -0.126. The number of hydrogen-bond donors (Lipinski definition) is 1. The van der Waals surface area contributed by atoms with Gasteiger partial charge in [-0.1, -0.05) is 41.1 Å². The number of rotatable bonds is 10. The number of amides is 1. The Kier molecular flexibility index (Phi) is 8.36. The molecular weight excluding hydrogens is 440 g/mol. The Labute approximate surface area is 197 Å². The summed E-state index contributed by atoms with van der Waals surface area (Å²) in [6.45, 7) is 5.26. The molecule has 32 heavy (non-hydrogen) atoms. The van der Waals surface area contributed by atoms with E-state index >= 15 is 0 Å². The SMILES string of the molecule is Cc1ccc(CSCCCNC(=O)C2CCN(Cc3nc(-c4cccs4)no3)CC2)cc1. The third-order valence-electron chi connectivity index (χ3n) is 5.68. The van der Waals surface area contributed by atoms with Crippen LogP contribution in [0.2, 0.25) is 0 Å². The van der Waals surface area contributed by atoms with E-state index in [9.17, 15) is 4.79 Å². The lowest BCUT2D eigenvalue weighted by Gasteiger charge is -2.30. The summed E-state index contributed by atoms with van der Waals surface area (Å²) in [6.07, 6.45) is 2.75. The monoisotopic (exact) mass is 470 g/mol. The number of thioether (sulfide) groups is 1. The molecular formula is C24H30N4O2S2. The molecule has 1 aromatic carbocycles. The molecule has 1 aliphatic heterocycles. The zero-order valence-electron chi connectivity index (χ0n) is 18.5. The number of hydrogen-bond acceptors (Lipinski definition) is 7.